The highest BCUT2D eigenvalue weighted by Gasteiger charge is 2.48. The topological polar surface area (TPSA) is 111 Å². The van der Waals surface area contributed by atoms with Crippen molar-refractivity contribution in [3.05, 3.63) is 64.2 Å². The Balaban J connectivity index is 1.27. The molecule has 1 aliphatic heterocycles. The molecule has 226 valence electrons. The molecule has 0 spiro atoms. The van der Waals surface area contributed by atoms with Crippen molar-refractivity contribution >= 4 is 17.6 Å². The number of benzene rings is 2. The smallest absolute Gasteiger partial charge is 0.310 e. The highest BCUT2D eigenvalue weighted by Crippen LogP contribution is 2.41. The number of nitrogens with zero attached hydrogens (tertiary/aromatic N) is 2. The molecule has 9 nitrogen and oxygen atoms in total. The number of rotatable bonds is 11. The first kappa shape index (κ1) is 30.0. The fraction of sp³-hybridized carbons (Fsp3) is 0.576. The van der Waals surface area contributed by atoms with Crippen LogP contribution in [0.5, 0.6) is 11.5 Å². The molecule has 4 unspecified atom stereocenters. The number of likely N-dealkylation sites (tertiary alicyclic amines) is 1. The van der Waals surface area contributed by atoms with E-state index in [4.69, 9.17) is 9.47 Å². The van der Waals surface area contributed by atoms with E-state index in [1.807, 2.05) is 35.2 Å². The second-order valence-corrected chi connectivity index (χ2v) is 12.1. The summed E-state index contributed by atoms with van der Waals surface area (Å²) < 4.78 is 11.0. The molecule has 3 fully saturated rings. The van der Waals surface area contributed by atoms with Crippen LogP contribution in [0.2, 0.25) is 0 Å². The normalized spacial score (nSPS) is 23.2. The van der Waals surface area contributed by atoms with Gasteiger partial charge in [0.25, 0.3) is 5.69 Å². The predicted molar refractivity (Wildman–Crippen MR) is 159 cm³/mol. The number of nitro groups is 1. The van der Waals surface area contributed by atoms with Crippen molar-refractivity contribution in [1.82, 2.24) is 10.2 Å². The molecule has 42 heavy (non-hydrogen) atoms. The van der Waals surface area contributed by atoms with Gasteiger partial charge in [-0.1, -0.05) is 50.3 Å². The molecule has 1 heterocycles. The molecule has 2 aromatic rings. The monoisotopic (exact) mass is 577 g/mol. The summed E-state index contributed by atoms with van der Waals surface area (Å²) in [5.41, 5.74) is 0.613. The molecule has 0 radical (unpaired) electrons. The number of nitrogens with one attached hydrogen (secondary N) is 1. The van der Waals surface area contributed by atoms with Crippen LogP contribution in [0.3, 0.4) is 0 Å². The van der Waals surface area contributed by atoms with Crippen LogP contribution in [0.25, 0.3) is 0 Å². The number of hydrogen-bond donors (Lipinski definition) is 1. The minimum Gasteiger partial charge on any atom is -0.469 e. The number of carbonyl (C=O) groups excluding carboxylic acids is 2. The highest BCUT2D eigenvalue weighted by molar-refractivity contribution is 5.80. The van der Waals surface area contributed by atoms with Crippen LogP contribution in [0.4, 0.5) is 5.69 Å². The molecule has 3 aliphatic rings. The van der Waals surface area contributed by atoms with E-state index in [1.165, 1.54) is 19.6 Å². The van der Waals surface area contributed by atoms with E-state index in [0.717, 1.165) is 51.4 Å². The SMILES string of the molecule is COC(=O)C1CN(C(=O)CCC(NCc2cc(Oc3ccccc3)ccc2[N+](=O)[O-])C2CCCCC2)C2CCCCC12. The molecule has 4 atom stereocenters. The molecule has 1 saturated heterocycles. The van der Waals surface area contributed by atoms with Crippen molar-refractivity contribution in [3.63, 3.8) is 0 Å². The lowest BCUT2D eigenvalue weighted by molar-refractivity contribution is -0.385. The number of methoxy groups -OCH3 is 1. The maximum absolute atomic E-state index is 13.6. The molecule has 2 aromatic carbocycles. The second kappa shape index (κ2) is 14.1. The fourth-order valence-electron chi connectivity index (χ4n) is 7.44. The maximum Gasteiger partial charge on any atom is 0.310 e. The van der Waals surface area contributed by atoms with Gasteiger partial charge < -0.3 is 19.7 Å². The van der Waals surface area contributed by atoms with Crippen LogP contribution in [0, 0.1) is 27.9 Å². The molecule has 0 bridgehead atoms. The van der Waals surface area contributed by atoms with E-state index in [-0.39, 0.29) is 46.4 Å². The Morgan fingerprint density at radius 3 is 2.48 bits per heavy atom. The van der Waals surface area contributed by atoms with Gasteiger partial charge in [0.05, 0.1) is 18.0 Å². The van der Waals surface area contributed by atoms with Crippen molar-refractivity contribution in [3.8, 4) is 11.5 Å². The molecule has 1 amide bonds. The molecule has 5 rings (SSSR count). The third kappa shape index (κ3) is 7.12. The predicted octanol–water partition coefficient (Wildman–Crippen LogP) is 6.40. The van der Waals surface area contributed by atoms with Gasteiger partial charge >= 0.3 is 5.97 Å². The first-order chi connectivity index (χ1) is 20.4. The van der Waals surface area contributed by atoms with Crippen molar-refractivity contribution in [2.45, 2.75) is 89.3 Å². The number of esters is 1. The van der Waals surface area contributed by atoms with Crippen molar-refractivity contribution in [2.75, 3.05) is 13.7 Å². The van der Waals surface area contributed by atoms with Gasteiger partial charge in [-0.15, -0.1) is 0 Å². The lowest BCUT2D eigenvalue weighted by Crippen LogP contribution is -2.41. The van der Waals surface area contributed by atoms with Crippen molar-refractivity contribution in [2.24, 2.45) is 17.8 Å². The lowest BCUT2D eigenvalue weighted by Gasteiger charge is -2.34. The Morgan fingerprint density at radius 1 is 1.00 bits per heavy atom. The van der Waals surface area contributed by atoms with Crippen LogP contribution in [-0.4, -0.2) is 47.4 Å². The largest absolute Gasteiger partial charge is 0.469 e. The third-order valence-corrected chi connectivity index (χ3v) is 9.59. The number of fused-ring (bicyclic) bond motifs is 1. The number of para-hydroxylation sites is 1. The molecule has 1 N–H and O–H groups in total. The quantitative estimate of drug-likeness (QED) is 0.187. The van der Waals surface area contributed by atoms with Crippen molar-refractivity contribution < 1.29 is 24.0 Å². The van der Waals surface area contributed by atoms with Crippen molar-refractivity contribution in [1.29, 1.82) is 0 Å². The van der Waals surface area contributed by atoms with Gasteiger partial charge in [0, 0.05) is 43.2 Å². The average Bonchev–Trinajstić information content (AvgIpc) is 3.41. The zero-order valence-electron chi connectivity index (χ0n) is 24.5. The van der Waals surface area contributed by atoms with E-state index in [9.17, 15) is 19.7 Å². The van der Waals surface area contributed by atoms with Gasteiger partial charge in [0.2, 0.25) is 5.91 Å². The minimum absolute atomic E-state index is 0.0515. The molecular weight excluding hydrogens is 534 g/mol. The van der Waals surface area contributed by atoms with Crippen LogP contribution >= 0.6 is 0 Å². The Morgan fingerprint density at radius 2 is 1.74 bits per heavy atom. The summed E-state index contributed by atoms with van der Waals surface area (Å²) in [6.07, 6.45) is 10.9. The summed E-state index contributed by atoms with van der Waals surface area (Å²) in [4.78, 5) is 39.6. The first-order valence-corrected chi connectivity index (χ1v) is 15.6. The molecule has 2 aliphatic carbocycles. The Bertz CT molecular complexity index is 1230. The highest BCUT2D eigenvalue weighted by atomic mass is 16.6. The van der Waals surface area contributed by atoms with Crippen LogP contribution in [-0.2, 0) is 20.9 Å². The van der Waals surface area contributed by atoms with Gasteiger partial charge in [-0.2, -0.15) is 0 Å². The molecule has 2 saturated carbocycles. The lowest BCUT2D eigenvalue weighted by atomic mass is 9.79. The standard InChI is InChI=1S/C33H43N3O6/c1-41-33(38)28-22-35(31-15-9-8-14-27(28)31)32(37)19-17-29(23-10-4-2-5-11-23)34-21-24-20-26(16-18-30(24)36(39)40)42-25-12-6-3-7-13-25/h3,6-7,12-13,16,18,20,23,27-29,31,34H,2,4-5,8-11,14-15,17,19,21-22H2,1H3. The summed E-state index contributed by atoms with van der Waals surface area (Å²) >= 11 is 0. The number of ether oxygens (including phenoxy) is 2. The summed E-state index contributed by atoms with van der Waals surface area (Å²) in [5.74, 6) is 1.48. The van der Waals surface area contributed by atoms with E-state index >= 15 is 0 Å². The van der Waals surface area contributed by atoms with Gasteiger partial charge in [-0.05, 0) is 68.2 Å². The zero-order valence-corrected chi connectivity index (χ0v) is 24.5. The van der Waals surface area contributed by atoms with Gasteiger partial charge in [0.1, 0.15) is 11.5 Å². The summed E-state index contributed by atoms with van der Waals surface area (Å²) in [6.45, 7) is 0.763. The Kier molecular flexibility index (Phi) is 10.1. The second-order valence-electron chi connectivity index (χ2n) is 12.1. The summed E-state index contributed by atoms with van der Waals surface area (Å²) in [7, 11) is 1.43. The zero-order chi connectivity index (χ0) is 29.5. The number of nitro benzene ring substituents is 1. The Labute approximate surface area is 248 Å². The third-order valence-electron chi connectivity index (χ3n) is 9.59. The maximum atomic E-state index is 13.6. The van der Waals surface area contributed by atoms with E-state index < -0.39 is 0 Å². The number of carbonyl (C=O) groups is 2. The number of hydrogen-bond acceptors (Lipinski definition) is 7. The van der Waals surface area contributed by atoms with Gasteiger partial charge in [-0.3, -0.25) is 19.7 Å². The van der Waals surface area contributed by atoms with E-state index in [1.54, 1.807) is 12.1 Å². The van der Waals surface area contributed by atoms with E-state index in [0.29, 0.717) is 48.9 Å². The Hall–Kier alpha value is -3.46. The van der Waals surface area contributed by atoms with Crippen LogP contribution in [0.15, 0.2) is 48.5 Å². The average molecular weight is 578 g/mol. The minimum atomic E-state index is -0.353. The van der Waals surface area contributed by atoms with Gasteiger partial charge in [-0.25, -0.2) is 0 Å². The molecular formula is C33H43N3O6. The molecule has 0 aromatic heterocycles. The summed E-state index contributed by atoms with van der Waals surface area (Å²) in [5, 5.41) is 15.5. The fourth-order valence-corrected chi connectivity index (χ4v) is 7.44. The van der Waals surface area contributed by atoms with Gasteiger partial charge in [0.15, 0.2) is 0 Å². The molecule has 9 heteroatoms. The first-order valence-electron chi connectivity index (χ1n) is 15.6. The van der Waals surface area contributed by atoms with E-state index in [2.05, 4.69) is 5.32 Å². The van der Waals surface area contributed by atoms with Crippen LogP contribution in [0.1, 0.15) is 76.2 Å². The number of amides is 1. The summed E-state index contributed by atoms with van der Waals surface area (Å²) in [6, 6.07) is 14.4. The van der Waals surface area contributed by atoms with Crippen LogP contribution < -0.4 is 10.1 Å².